The van der Waals surface area contributed by atoms with E-state index in [1.807, 2.05) is 30.3 Å². The molecule has 0 heterocycles. The van der Waals surface area contributed by atoms with E-state index in [4.69, 9.17) is 0 Å². The van der Waals surface area contributed by atoms with Gasteiger partial charge in [0.15, 0.2) is 0 Å². The highest BCUT2D eigenvalue weighted by molar-refractivity contribution is 5.30. The van der Waals surface area contributed by atoms with Crippen LogP contribution in [-0.2, 0) is 0 Å². The number of hydrogen-bond donors (Lipinski definition) is 1. The van der Waals surface area contributed by atoms with Crippen molar-refractivity contribution in [1.29, 1.82) is 0 Å². The maximum atomic E-state index is 13.6. The van der Waals surface area contributed by atoms with Crippen molar-refractivity contribution in [2.45, 2.75) is 44.4 Å². The number of hydrogen-bond acceptors (Lipinski definition) is 1. The van der Waals surface area contributed by atoms with Crippen molar-refractivity contribution >= 4 is 0 Å². The summed E-state index contributed by atoms with van der Waals surface area (Å²) in [6, 6.07) is 9.68. The molecule has 0 aliphatic heterocycles. The predicted octanol–water partition coefficient (Wildman–Crippen LogP) is 3.29. The Bertz CT molecular complexity index is 325. The van der Waals surface area contributed by atoms with Crippen LogP contribution in [0.25, 0.3) is 0 Å². The molecular weight excluding hydrogens is 203 g/mol. The Hall–Kier alpha value is -0.890. The lowest BCUT2D eigenvalue weighted by Crippen LogP contribution is -2.11. The van der Waals surface area contributed by atoms with E-state index in [9.17, 15) is 9.50 Å². The molecule has 0 amide bonds. The molecule has 2 rings (SSSR count). The van der Waals surface area contributed by atoms with Crippen LogP contribution in [0.4, 0.5) is 4.39 Å². The van der Waals surface area contributed by atoms with Crippen LogP contribution in [0, 0.1) is 5.92 Å². The first kappa shape index (κ1) is 11.6. The molecule has 0 unspecified atom stereocenters. The largest absolute Gasteiger partial charge is 0.393 e. The Kier molecular flexibility index (Phi) is 3.59. The van der Waals surface area contributed by atoms with Gasteiger partial charge in [0.1, 0.15) is 6.17 Å². The van der Waals surface area contributed by atoms with Gasteiger partial charge in [0.2, 0.25) is 0 Å². The standard InChI is InChI=1S/C14H19FO/c1-2-3-9-11(16)13-12(14(13)15)10-7-5-4-6-8-10/h4-8,11-14,16H,2-3,9H2,1H3/t11-,12+,13-,14+/m0/s1. The van der Waals surface area contributed by atoms with Gasteiger partial charge in [-0.2, -0.15) is 0 Å². The normalized spacial score (nSPS) is 30.1. The van der Waals surface area contributed by atoms with Gasteiger partial charge in [-0.1, -0.05) is 50.1 Å². The number of aliphatic hydroxyl groups is 1. The summed E-state index contributed by atoms with van der Waals surface area (Å²) in [5, 5.41) is 9.88. The van der Waals surface area contributed by atoms with Crippen LogP contribution in [-0.4, -0.2) is 17.4 Å². The second kappa shape index (κ2) is 4.96. The van der Waals surface area contributed by atoms with Gasteiger partial charge in [0.25, 0.3) is 0 Å². The van der Waals surface area contributed by atoms with Gasteiger partial charge in [-0.05, 0) is 12.0 Å². The first-order valence-corrected chi connectivity index (χ1v) is 6.12. The van der Waals surface area contributed by atoms with Crippen LogP contribution >= 0.6 is 0 Å². The average Bonchev–Trinajstić information content (AvgIpc) is 2.99. The van der Waals surface area contributed by atoms with Crippen LogP contribution in [0.3, 0.4) is 0 Å². The molecule has 1 aliphatic rings. The highest BCUT2D eigenvalue weighted by Gasteiger charge is 2.55. The third-order valence-electron chi connectivity index (χ3n) is 3.47. The quantitative estimate of drug-likeness (QED) is 0.810. The lowest BCUT2D eigenvalue weighted by Gasteiger charge is -2.08. The number of halogens is 1. The predicted molar refractivity (Wildman–Crippen MR) is 63.1 cm³/mol. The van der Waals surface area contributed by atoms with E-state index in [-0.39, 0.29) is 11.8 Å². The number of alkyl halides is 1. The third-order valence-corrected chi connectivity index (χ3v) is 3.47. The zero-order chi connectivity index (χ0) is 11.5. The van der Waals surface area contributed by atoms with Gasteiger partial charge in [0.05, 0.1) is 6.10 Å². The topological polar surface area (TPSA) is 20.2 Å². The molecule has 1 fully saturated rings. The van der Waals surface area contributed by atoms with Crippen molar-refractivity contribution in [3.05, 3.63) is 35.9 Å². The zero-order valence-corrected chi connectivity index (χ0v) is 9.64. The van der Waals surface area contributed by atoms with Gasteiger partial charge in [-0.25, -0.2) is 4.39 Å². The van der Waals surface area contributed by atoms with E-state index in [0.29, 0.717) is 0 Å². The van der Waals surface area contributed by atoms with Crippen molar-refractivity contribution in [1.82, 2.24) is 0 Å². The van der Waals surface area contributed by atoms with Crippen molar-refractivity contribution in [3.8, 4) is 0 Å². The fourth-order valence-corrected chi connectivity index (χ4v) is 2.43. The lowest BCUT2D eigenvalue weighted by molar-refractivity contribution is 0.126. The van der Waals surface area contributed by atoms with E-state index < -0.39 is 12.3 Å². The first-order valence-electron chi connectivity index (χ1n) is 6.12. The van der Waals surface area contributed by atoms with E-state index in [0.717, 1.165) is 24.8 Å². The minimum absolute atomic E-state index is 0.0759. The molecule has 0 aromatic heterocycles. The molecule has 0 spiro atoms. The monoisotopic (exact) mass is 222 g/mol. The molecule has 2 heteroatoms. The Morgan fingerprint density at radius 3 is 2.62 bits per heavy atom. The molecule has 0 saturated heterocycles. The van der Waals surface area contributed by atoms with Gasteiger partial charge >= 0.3 is 0 Å². The summed E-state index contributed by atoms with van der Waals surface area (Å²) in [4.78, 5) is 0. The molecule has 1 aromatic carbocycles. The van der Waals surface area contributed by atoms with Gasteiger partial charge in [-0.15, -0.1) is 0 Å². The second-order valence-corrected chi connectivity index (χ2v) is 4.67. The van der Waals surface area contributed by atoms with Crippen molar-refractivity contribution < 1.29 is 9.50 Å². The smallest absolute Gasteiger partial charge is 0.113 e. The number of aliphatic hydroxyl groups excluding tert-OH is 1. The maximum Gasteiger partial charge on any atom is 0.113 e. The SMILES string of the molecule is CCCC[C@H](O)[C@@H]1[C@H](F)[C@@H]1c1ccccc1. The Labute approximate surface area is 96.3 Å². The highest BCUT2D eigenvalue weighted by atomic mass is 19.1. The highest BCUT2D eigenvalue weighted by Crippen LogP contribution is 2.52. The number of unbranched alkanes of at least 4 members (excludes halogenated alkanes) is 1. The lowest BCUT2D eigenvalue weighted by atomic mass is 10.0. The molecule has 1 aromatic rings. The summed E-state index contributed by atoms with van der Waals surface area (Å²) in [7, 11) is 0. The van der Waals surface area contributed by atoms with Gasteiger partial charge in [-0.3, -0.25) is 0 Å². The summed E-state index contributed by atoms with van der Waals surface area (Å²) in [5.41, 5.74) is 1.02. The van der Waals surface area contributed by atoms with Gasteiger partial charge in [0, 0.05) is 11.8 Å². The molecule has 1 nitrogen and oxygen atoms in total. The van der Waals surface area contributed by atoms with E-state index in [1.165, 1.54) is 0 Å². The Morgan fingerprint density at radius 2 is 2.00 bits per heavy atom. The summed E-state index contributed by atoms with van der Waals surface area (Å²) in [6.07, 6.45) is 1.43. The molecule has 0 bridgehead atoms. The first-order chi connectivity index (χ1) is 7.75. The van der Waals surface area contributed by atoms with Crippen molar-refractivity contribution in [3.63, 3.8) is 0 Å². The molecule has 16 heavy (non-hydrogen) atoms. The molecule has 88 valence electrons. The molecular formula is C14H19FO. The average molecular weight is 222 g/mol. The van der Waals surface area contributed by atoms with Crippen LogP contribution in [0.15, 0.2) is 30.3 Å². The second-order valence-electron chi connectivity index (χ2n) is 4.67. The Balaban J connectivity index is 1.95. The van der Waals surface area contributed by atoms with Crippen LogP contribution < -0.4 is 0 Å². The minimum atomic E-state index is -0.853. The number of rotatable bonds is 5. The minimum Gasteiger partial charge on any atom is -0.393 e. The molecule has 4 atom stereocenters. The molecule has 0 radical (unpaired) electrons. The number of benzene rings is 1. The van der Waals surface area contributed by atoms with Crippen LogP contribution in [0.5, 0.6) is 0 Å². The summed E-state index contributed by atoms with van der Waals surface area (Å²) in [6.45, 7) is 2.08. The van der Waals surface area contributed by atoms with Crippen LogP contribution in [0.1, 0.15) is 37.7 Å². The summed E-state index contributed by atoms with van der Waals surface area (Å²) in [5.74, 6) is -0.248. The fourth-order valence-electron chi connectivity index (χ4n) is 2.43. The maximum absolute atomic E-state index is 13.6. The summed E-state index contributed by atoms with van der Waals surface area (Å²) >= 11 is 0. The van der Waals surface area contributed by atoms with Gasteiger partial charge < -0.3 is 5.11 Å². The fraction of sp³-hybridized carbons (Fsp3) is 0.571. The third kappa shape index (κ3) is 2.27. The van der Waals surface area contributed by atoms with E-state index in [2.05, 4.69) is 6.92 Å². The van der Waals surface area contributed by atoms with Crippen molar-refractivity contribution in [2.24, 2.45) is 5.92 Å². The molecule has 1 saturated carbocycles. The van der Waals surface area contributed by atoms with E-state index in [1.54, 1.807) is 0 Å². The Morgan fingerprint density at radius 1 is 1.31 bits per heavy atom. The zero-order valence-electron chi connectivity index (χ0n) is 9.64. The summed E-state index contributed by atoms with van der Waals surface area (Å²) < 4.78 is 13.6. The molecule has 1 aliphatic carbocycles. The van der Waals surface area contributed by atoms with E-state index >= 15 is 0 Å². The van der Waals surface area contributed by atoms with Crippen LogP contribution in [0.2, 0.25) is 0 Å². The van der Waals surface area contributed by atoms with Crippen molar-refractivity contribution in [2.75, 3.05) is 0 Å². The molecule has 1 N–H and O–H groups in total.